The molecule has 0 heterocycles. The maximum atomic E-state index is 13.3. The molecule has 0 aliphatic rings. The van der Waals surface area contributed by atoms with Crippen LogP contribution in [0.1, 0.15) is 20.8 Å². The quantitative estimate of drug-likeness (QED) is 0.415. The van der Waals surface area contributed by atoms with Gasteiger partial charge in [-0.1, -0.05) is 36.4 Å². The average molecular weight is 449 g/mol. The highest BCUT2D eigenvalue weighted by atomic mass is 32.3. The minimum absolute atomic E-state index is 0.437. The highest BCUT2D eigenvalue weighted by Gasteiger charge is 2.47. The zero-order valence-electron chi connectivity index (χ0n) is 17.3. The first-order valence-corrected chi connectivity index (χ1v) is 11.1. The summed E-state index contributed by atoms with van der Waals surface area (Å²) in [5.41, 5.74) is -0.437. The van der Waals surface area contributed by atoms with Gasteiger partial charge in [-0.25, -0.2) is 4.79 Å². The summed E-state index contributed by atoms with van der Waals surface area (Å²) in [5.74, 6) is -1.67. The van der Waals surface area contributed by atoms with Crippen LogP contribution in [0.5, 0.6) is 5.75 Å². The summed E-state index contributed by atoms with van der Waals surface area (Å²) >= 11 is 0. The topological polar surface area (TPSA) is 35.5 Å². The van der Waals surface area contributed by atoms with Gasteiger partial charge in [0, 0.05) is 14.7 Å². The van der Waals surface area contributed by atoms with Crippen LogP contribution >= 0.6 is 10.3 Å². The monoisotopic (exact) mass is 448 g/mol. The summed E-state index contributed by atoms with van der Waals surface area (Å²) in [4.78, 5) is 13.5. The van der Waals surface area contributed by atoms with Crippen molar-refractivity contribution in [2.45, 2.75) is 47.2 Å². The van der Waals surface area contributed by atoms with Gasteiger partial charge in [0.2, 0.25) is 0 Å². The Labute approximate surface area is 181 Å². The van der Waals surface area contributed by atoms with Gasteiger partial charge in [-0.15, -0.1) is 0 Å². The number of alkyl halides is 3. The summed E-state index contributed by atoms with van der Waals surface area (Å²) in [5, 5.41) is 0. The lowest BCUT2D eigenvalue weighted by Gasteiger charge is -2.39. The molecule has 3 aromatic carbocycles. The van der Waals surface area contributed by atoms with Gasteiger partial charge in [0.1, 0.15) is 11.4 Å². The molecular formula is C24H23F3O3S. The van der Waals surface area contributed by atoms with Crippen LogP contribution < -0.4 is 4.74 Å². The normalized spacial score (nSPS) is 12.8. The fraction of sp³-hybridized carbons (Fsp3) is 0.208. The lowest BCUT2D eigenvalue weighted by molar-refractivity contribution is -0.188. The summed E-state index contributed by atoms with van der Waals surface area (Å²) in [6.07, 6.45) is -5.13. The van der Waals surface area contributed by atoms with Crippen LogP contribution in [0.15, 0.2) is 99.6 Å². The molecule has 0 bridgehead atoms. The molecule has 3 nitrogen and oxygen atoms in total. The second-order valence-electron chi connectivity index (χ2n) is 7.74. The zero-order chi connectivity index (χ0) is 22.7. The molecule has 7 heteroatoms. The molecular weight excluding hydrogens is 425 g/mol. The Bertz CT molecular complexity index is 972. The Morgan fingerprint density at radius 2 is 1.13 bits per heavy atom. The van der Waals surface area contributed by atoms with E-state index in [-0.39, 0.29) is 0 Å². The van der Waals surface area contributed by atoms with Crippen molar-refractivity contribution in [3.05, 3.63) is 84.9 Å². The molecule has 0 saturated heterocycles. The van der Waals surface area contributed by atoms with E-state index in [1.165, 1.54) is 0 Å². The van der Waals surface area contributed by atoms with E-state index in [9.17, 15) is 18.0 Å². The molecule has 0 unspecified atom stereocenters. The predicted octanol–water partition coefficient (Wildman–Crippen LogP) is 7.17. The highest BCUT2D eigenvalue weighted by molar-refractivity contribution is 8.30. The van der Waals surface area contributed by atoms with E-state index in [1.807, 2.05) is 20.8 Å². The van der Waals surface area contributed by atoms with E-state index in [2.05, 4.69) is 0 Å². The van der Waals surface area contributed by atoms with E-state index < -0.39 is 28.1 Å². The van der Waals surface area contributed by atoms with Gasteiger partial charge in [0.15, 0.2) is 0 Å². The smallest absolute Gasteiger partial charge is 0.488 e. The molecule has 0 spiro atoms. The van der Waals surface area contributed by atoms with Crippen molar-refractivity contribution in [3.8, 4) is 5.75 Å². The van der Waals surface area contributed by atoms with Crippen molar-refractivity contribution in [1.82, 2.24) is 0 Å². The Balaban J connectivity index is 2.23. The van der Waals surface area contributed by atoms with Crippen molar-refractivity contribution in [2.75, 3.05) is 0 Å². The van der Waals surface area contributed by atoms with Crippen LogP contribution in [0, 0.1) is 0 Å². The number of hydrogen-bond donors (Lipinski definition) is 0. The maximum Gasteiger partial charge on any atom is 0.491 e. The van der Waals surface area contributed by atoms with Gasteiger partial charge < -0.3 is 8.92 Å². The molecule has 0 aliphatic carbocycles. The molecule has 0 saturated carbocycles. The number of rotatable bonds is 5. The van der Waals surface area contributed by atoms with E-state index >= 15 is 0 Å². The summed E-state index contributed by atoms with van der Waals surface area (Å²) in [6, 6.07) is 23.7. The van der Waals surface area contributed by atoms with E-state index in [0.717, 1.165) is 0 Å². The number of benzene rings is 3. The number of hydrogen-bond acceptors (Lipinski definition) is 3. The van der Waals surface area contributed by atoms with Crippen molar-refractivity contribution in [1.29, 1.82) is 0 Å². The van der Waals surface area contributed by atoms with Crippen LogP contribution in [0.25, 0.3) is 0 Å². The molecule has 0 atom stereocenters. The third kappa shape index (κ3) is 5.22. The largest absolute Gasteiger partial charge is 0.491 e. The first-order valence-electron chi connectivity index (χ1n) is 9.56. The van der Waals surface area contributed by atoms with Crippen molar-refractivity contribution < 1.29 is 26.9 Å². The summed E-state index contributed by atoms with van der Waals surface area (Å²) in [7, 11) is -3.00. The first kappa shape index (κ1) is 22.7. The predicted molar refractivity (Wildman–Crippen MR) is 114 cm³/mol. The molecule has 0 amide bonds. The van der Waals surface area contributed by atoms with Gasteiger partial charge >= 0.3 is 12.1 Å². The molecule has 0 aromatic heterocycles. The fourth-order valence-electron chi connectivity index (χ4n) is 2.99. The lowest BCUT2D eigenvalue weighted by Crippen LogP contribution is -2.27. The third-order valence-corrected chi connectivity index (χ3v) is 7.37. The lowest BCUT2D eigenvalue weighted by atomic mass is 10.2. The van der Waals surface area contributed by atoms with Gasteiger partial charge in [-0.05, 0) is 79.6 Å². The first-order chi connectivity index (χ1) is 14.5. The Hall–Kier alpha value is -2.93. The highest BCUT2D eigenvalue weighted by Crippen LogP contribution is 2.69. The Morgan fingerprint density at radius 3 is 1.52 bits per heavy atom. The van der Waals surface area contributed by atoms with Crippen LogP contribution in [-0.4, -0.2) is 17.7 Å². The zero-order valence-corrected chi connectivity index (χ0v) is 18.2. The van der Waals surface area contributed by atoms with E-state index in [1.54, 1.807) is 84.9 Å². The van der Waals surface area contributed by atoms with E-state index in [0.29, 0.717) is 20.4 Å². The van der Waals surface area contributed by atoms with Gasteiger partial charge in [0.05, 0.1) is 0 Å². The third-order valence-electron chi connectivity index (χ3n) is 4.16. The van der Waals surface area contributed by atoms with Crippen molar-refractivity contribution >= 4 is 16.3 Å². The van der Waals surface area contributed by atoms with Crippen molar-refractivity contribution in [3.63, 3.8) is 0 Å². The minimum atomic E-state index is -5.13. The molecule has 31 heavy (non-hydrogen) atoms. The SMILES string of the molecule is CC(C)(C)Oc1ccc(S(OC(=O)C(F)(F)F)(c2ccccc2)c2ccccc2)cc1. The molecule has 0 aliphatic heterocycles. The summed E-state index contributed by atoms with van der Waals surface area (Å²) in [6.45, 7) is 5.69. The van der Waals surface area contributed by atoms with E-state index in [4.69, 9.17) is 8.92 Å². The van der Waals surface area contributed by atoms with Crippen LogP contribution in [-0.2, 0) is 8.98 Å². The number of halogens is 3. The molecule has 0 fully saturated rings. The second-order valence-corrected chi connectivity index (χ2v) is 10.4. The maximum absolute atomic E-state index is 13.3. The van der Waals surface area contributed by atoms with Gasteiger partial charge in [-0.2, -0.15) is 13.2 Å². The second kappa shape index (κ2) is 8.67. The Kier molecular flexibility index (Phi) is 6.36. The standard InChI is InChI=1S/C24H23F3O3S/c1-23(2,3)29-18-14-16-21(17-15-18)31(19-10-6-4-7-11-19,20-12-8-5-9-13-20)30-22(28)24(25,26)27/h4-17H,1-3H3. The number of ether oxygens (including phenoxy) is 1. The average Bonchev–Trinajstić information content (AvgIpc) is 2.72. The van der Waals surface area contributed by atoms with Gasteiger partial charge in [-0.3, -0.25) is 0 Å². The molecule has 3 aromatic rings. The molecule has 0 radical (unpaired) electrons. The van der Waals surface area contributed by atoms with Crippen LogP contribution in [0.4, 0.5) is 13.2 Å². The number of carbonyl (C=O) groups is 1. The van der Waals surface area contributed by atoms with Crippen LogP contribution in [0.3, 0.4) is 0 Å². The fourth-order valence-corrected chi connectivity index (χ4v) is 6.02. The molecule has 0 N–H and O–H groups in total. The molecule has 3 rings (SSSR count). The molecule has 164 valence electrons. The van der Waals surface area contributed by atoms with Gasteiger partial charge in [0.25, 0.3) is 0 Å². The summed E-state index contributed by atoms with van der Waals surface area (Å²) < 4.78 is 51.1. The van der Waals surface area contributed by atoms with Crippen LogP contribution in [0.2, 0.25) is 0 Å². The Morgan fingerprint density at radius 1 is 0.710 bits per heavy atom. The minimum Gasteiger partial charge on any atom is -0.488 e. The van der Waals surface area contributed by atoms with Crippen molar-refractivity contribution in [2.24, 2.45) is 0 Å². The number of carbonyl (C=O) groups excluding carboxylic acids is 1.